The predicted octanol–water partition coefficient (Wildman–Crippen LogP) is 3.71. The first-order chi connectivity index (χ1) is 13.1. The van der Waals surface area contributed by atoms with Crippen molar-refractivity contribution >= 4 is 39.2 Å². The number of amides is 1. The van der Waals surface area contributed by atoms with Crippen LogP contribution in [0.2, 0.25) is 0 Å². The summed E-state index contributed by atoms with van der Waals surface area (Å²) in [4.78, 5) is 19.1. The van der Waals surface area contributed by atoms with Gasteiger partial charge in [0.15, 0.2) is 0 Å². The van der Waals surface area contributed by atoms with Crippen molar-refractivity contribution in [2.24, 2.45) is 0 Å². The summed E-state index contributed by atoms with van der Waals surface area (Å²) >= 11 is 3.05. The number of tetrazole rings is 1. The van der Waals surface area contributed by atoms with E-state index in [0.29, 0.717) is 11.8 Å². The zero-order valence-electron chi connectivity index (χ0n) is 15.4. The Labute approximate surface area is 166 Å². The van der Waals surface area contributed by atoms with E-state index in [1.165, 1.54) is 24.6 Å². The molecule has 1 saturated carbocycles. The van der Waals surface area contributed by atoms with Gasteiger partial charge in [0.05, 0.1) is 28.1 Å². The first-order valence-corrected chi connectivity index (χ1v) is 11.0. The lowest BCUT2D eigenvalue weighted by Gasteiger charge is -2.23. The van der Waals surface area contributed by atoms with Crippen LogP contribution in [0.1, 0.15) is 49.7 Å². The van der Waals surface area contributed by atoms with Crippen LogP contribution in [0.4, 0.5) is 0 Å². The molecule has 7 nitrogen and oxygen atoms in total. The number of hydrogen-bond donors (Lipinski definition) is 0. The van der Waals surface area contributed by atoms with Crippen molar-refractivity contribution in [2.75, 3.05) is 12.8 Å². The molecule has 1 amide bonds. The van der Waals surface area contributed by atoms with Gasteiger partial charge >= 0.3 is 0 Å². The standard InChI is InChI=1S/C18H22N6OS2/c1-12(17-19-14-9-5-6-10-15(14)27-17)23(2)16(25)11-26-18-20-21-22-24(18)13-7-3-4-8-13/h5-6,9-10,12-13H,3-4,7-8,11H2,1-2H3/t12-/m0/s1. The van der Waals surface area contributed by atoms with Gasteiger partial charge in [-0.15, -0.1) is 16.4 Å². The molecule has 1 atom stereocenters. The normalized spacial score (nSPS) is 16.1. The summed E-state index contributed by atoms with van der Waals surface area (Å²) in [5.74, 6) is 0.367. The molecule has 0 radical (unpaired) electrons. The molecule has 1 fully saturated rings. The molecule has 1 aliphatic carbocycles. The first-order valence-electron chi connectivity index (χ1n) is 9.15. The number of carbonyl (C=O) groups is 1. The van der Waals surface area contributed by atoms with E-state index >= 15 is 0 Å². The molecule has 0 spiro atoms. The number of hydrogen-bond acceptors (Lipinski definition) is 7. The Kier molecular flexibility index (Phi) is 5.40. The average Bonchev–Trinajstić information content (AvgIpc) is 3.44. The third kappa shape index (κ3) is 3.84. The zero-order chi connectivity index (χ0) is 18.8. The summed E-state index contributed by atoms with van der Waals surface area (Å²) in [5.41, 5.74) is 0.982. The van der Waals surface area contributed by atoms with Gasteiger partial charge in [0.1, 0.15) is 5.01 Å². The van der Waals surface area contributed by atoms with Gasteiger partial charge in [0.25, 0.3) is 0 Å². The van der Waals surface area contributed by atoms with Gasteiger partial charge in [-0.2, -0.15) is 0 Å². The highest BCUT2D eigenvalue weighted by Crippen LogP contribution is 2.32. The van der Waals surface area contributed by atoms with E-state index in [9.17, 15) is 4.79 Å². The molecular weight excluding hydrogens is 380 g/mol. The SMILES string of the molecule is C[C@@H](c1nc2ccccc2s1)N(C)C(=O)CSc1nnnn1C1CCCC1. The lowest BCUT2D eigenvalue weighted by molar-refractivity contribution is -0.128. The van der Waals surface area contributed by atoms with Crippen LogP contribution in [0.5, 0.6) is 0 Å². The monoisotopic (exact) mass is 402 g/mol. The molecule has 0 aliphatic heterocycles. The molecule has 4 rings (SSSR count). The second kappa shape index (κ2) is 7.93. The molecule has 27 heavy (non-hydrogen) atoms. The predicted molar refractivity (Wildman–Crippen MR) is 107 cm³/mol. The molecule has 2 aromatic heterocycles. The van der Waals surface area contributed by atoms with E-state index in [0.717, 1.165) is 33.2 Å². The Balaban J connectivity index is 1.40. The van der Waals surface area contributed by atoms with Gasteiger partial charge in [-0.1, -0.05) is 36.7 Å². The highest BCUT2D eigenvalue weighted by molar-refractivity contribution is 7.99. The topological polar surface area (TPSA) is 76.8 Å². The first kappa shape index (κ1) is 18.4. The molecular formula is C18H22N6OS2. The molecule has 142 valence electrons. The second-order valence-corrected chi connectivity index (χ2v) is 8.84. The third-order valence-corrected chi connectivity index (χ3v) is 7.22. The maximum atomic E-state index is 12.7. The molecule has 0 N–H and O–H groups in total. The smallest absolute Gasteiger partial charge is 0.233 e. The number of thiazole rings is 1. The molecule has 0 bridgehead atoms. The molecule has 3 aromatic rings. The number of nitrogens with zero attached hydrogens (tertiary/aromatic N) is 6. The Hall–Kier alpha value is -2.00. The summed E-state index contributed by atoms with van der Waals surface area (Å²) < 4.78 is 3.03. The van der Waals surface area contributed by atoms with Gasteiger partial charge in [-0.3, -0.25) is 4.79 Å². The average molecular weight is 403 g/mol. The van der Waals surface area contributed by atoms with Gasteiger partial charge in [-0.05, 0) is 42.3 Å². The maximum Gasteiger partial charge on any atom is 0.233 e. The van der Waals surface area contributed by atoms with Crippen LogP contribution in [0, 0.1) is 0 Å². The molecule has 2 heterocycles. The maximum absolute atomic E-state index is 12.7. The van der Waals surface area contributed by atoms with E-state index in [-0.39, 0.29) is 11.9 Å². The minimum Gasteiger partial charge on any atom is -0.336 e. The van der Waals surface area contributed by atoms with Gasteiger partial charge in [0.2, 0.25) is 11.1 Å². The van der Waals surface area contributed by atoms with Crippen molar-refractivity contribution < 1.29 is 4.79 Å². The van der Waals surface area contributed by atoms with Crippen LogP contribution in [0.3, 0.4) is 0 Å². The molecule has 1 aromatic carbocycles. The van der Waals surface area contributed by atoms with Gasteiger partial charge < -0.3 is 4.90 Å². The van der Waals surface area contributed by atoms with Gasteiger partial charge in [0, 0.05) is 7.05 Å². The van der Waals surface area contributed by atoms with E-state index in [1.54, 1.807) is 16.2 Å². The van der Waals surface area contributed by atoms with Crippen molar-refractivity contribution in [3.05, 3.63) is 29.3 Å². The van der Waals surface area contributed by atoms with Gasteiger partial charge in [-0.25, -0.2) is 9.67 Å². The molecule has 9 heteroatoms. The number of benzene rings is 1. The Morgan fingerprint density at radius 1 is 1.37 bits per heavy atom. The lowest BCUT2D eigenvalue weighted by atomic mass is 10.3. The number of carbonyl (C=O) groups excluding carboxylic acids is 1. The molecule has 0 saturated heterocycles. The number of para-hydroxylation sites is 1. The van der Waals surface area contributed by atoms with E-state index < -0.39 is 0 Å². The van der Waals surface area contributed by atoms with Crippen molar-refractivity contribution in [3.8, 4) is 0 Å². The van der Waals surface area contributed by atoms with Crippen LogP contribution >= 0.6 is 23.1 Å². The van der Waals surface area contributed by atoms with Crippen LogP contribution in [0.15, 0.2) is 29.4 Å². The van der Waals surface area contributed by atoms with Crippen LogP contribution < -0.4 is 0 Å². The van der Waals surface area contributed by atoms with E-state index in [1.807, 2.05) is 36.9 Å². The molecule has 0 unspecified atom stereocenters. The number of rotatable bonds is 6. The number of thioether (sulfide) groups is 1. The van der Waals surface area contributed by atoms with Crippen molar-refractivity contribution in [1.82, 2.24) is 30.1 Å². The van der Waals surface area contributed by atoms with Crippen molar-refractivity contribution in [1.29, 1.82) is 0 Å². The second-order valence-electron chi connectivity index (χ2n) is 6.83. The Bertz CT molecular complexity index is 900. The highest BCUT2D eigenvalue weighted by Gasteiger charge is 2.24. The summed E-state index contributed by atoms with van der Waals surface area (Å²) in [6.45, 7) is 2.02. The Morgan fingerprint density at radius 3 is 2.93 bits per heavy atom. The van der Waals surface area contributed by atoms with Crippen molar-refractivity contribution in [2.45, 2.75) is 49.8 Å². The molecule has 1 aliphatic rings. The quantitative estimate of drug-likeness (QED) is 0.585. The van der Waals surface area contributed by atoms with Crippen LogP contribution in [-0.2, 0) is 4.79 Å². The fourth-order valence-electron chi connectivity index (χ4n) is 3.34. The highest BCUT2D eigenvalue weighted by atomic mass is 32.2. The lowest BCUT2D eigenvalue weighted by Crippen LogP contribution is -2.31. The van der Waals surface area contributed by atoms with Crippen molar-refractivity contribution in [3.63, 3.8) is 0 Å². The van der Waals surface area contributed by atoms with Crippen LogP contribution in [-0.4, -0.2) is 48.8 Å². The summed E-state index contributed by atoms with van der Waals surface area (Å²) in [6.07, 6.45) is 4.66. The number of fused-ring (bicyclic) bond motifs is 1. The number of aromatic nitrogens is 5. The summed E-state index contributed by atoms with van der Waals surface area (Å²) in [7, 11) is 1.83. The minimum absolute atomic E-state index is 0.0488. The summed E-state index contributed by atoms with van der Waals surface area (Å²) in [5, 5.41) is 13.7. The fraction of sp³-hybridized carbons (Fsp3) is 0.500. The fourth-order valence-corrected chi connectivity index (χ4v) is 5.27. The summed E-state index contributed by atoms with van der Waals surface area (Å²) in [6, 6.07) is 8.36. The van der Waals surface area contributed by atoms with E-state index in [2.05, 4.69) is 26.6 Å². The zero-order valence-corrected chi connectivity index (χ0v) is 17.0. The third-order valence-electron chi connectivity index (χ3n) is 5.10. The minimum atomic E-state index is -0.0682. The van der Waals surface area contributed by atoms with Crippen LogP contribution in [0.25, 0.3) is 10.2 Å². The van der Waals surface area contributed by atoms with E-state index in [4.69, 9.17) is 0 Å². The Morgan fingerprint density at radius 2 is 2.15 bits per heavy atom. The largest absolute Gasteiger partial charge is 0.336 e.